The second-order valence-corrected chi connectivity index (χ2v) is 7.91. The van der Waals surface area contributed by atoms with E-state index in [0.29, 0.717) is 19.0 Å². The Balaban J connectivity index is 1.24. The van der Waals surface area contributed by atoms with Crippen LogP contribution in [0.1, 0.15) is 17.7 Å². The molecule has 6 heteroatoms. The average Bonchev–Trinajstić information content (AvgIpc) is 3.33. The van der Waals surface area contributed by atoms with Crippen LogP contribution in [-0.4, -0.2) is 30.6 Å². The topological polar surface area (TPSA) is 60.2 Å². The molecule has 5 nitrogen and oxygen atoms in total. The number of carbonyl (C=O) groups is 1. The summed E-state index contributed by atoms with van der Waals surface area (Å²) in [4.78, 5) is 17.9. The molecule has 1 saturated heterocycles. The highest BCUT2D eigenvalue weighted by Crippen LogP contribution is 2.29. The number of halogens is 1. The molecule has 1 atom stereocenters. The molecule has 3 N–H and O–H groups in total. The number of anilines is 1. The zero-order valence-corrected chi connectivity index (χ0v) is 16.7. The second kappa shape index (κ2) is 8.15. The van der Waals surface area contributed by atoms with Crippen LogP contribution in [0, 0.1) is 12.8 Å². The number of para-hydroxylation sites is 1. The first-order chi connectivity index (χ1) is 13.6. The molecule has 0 radical (unpaired) electrons. The summed E-state index contributed by atoms with van der Waals surface area (Å²) in [6.45, 7) is 5.19. The van der Waals surface area contributed by atoms with Crippen LogP contribution in [0.2, 0.25) is 5.02 Å². The van der Waals surface area contributed by atoms with Gasteiger partial charge in [0.1, 0.15) is 0 Å². The van der Waals surface area contributed by atoms with Crippen LogP contribution in [-0.2, 0) is 6.54 Å². The van der Waals surface area contributed by atoms with E-state index in [1.165, 1.54) is 11.3 Å². The van der Waals surface area contributed by atoms with Gasteiger partial charge in [0.05, 0.1) is 6.54 Å². The van der Waals surface area contributed by atoms with Crippen LogP contribution in [0.15, 0.2) is 48.5 Å². The predicted molar refractivity (Wildman–Crippen MR) is 115 cm³/mol. The van der Waals surface area contributed by atoms with E-state index in [4.69, 9.17) is 11.6 Å². The molecule has 2 heterocycles. The second-order valence-electron chi connectivity index (χ2n) is 7.48. The number of urea groups is 1. The number of aryl methyl sites for hydroxylation is 1. The molecule has 2 amide bonds. The molecule has 28 heavy (non-hydrogen) atoms. The minimum absolute atomic E-state index is 0.129. The summed E-state index contributed by atoms with van der Waals surface area (Å²) in [6, 6.07) is 16.0. The molecular formula is C22H25ClN4O. The minimum Gasteiger partial charge on any atom is -0.371 e. The van der Waals surface area contributed by atoms with Gasteiger partial charge < -0.3 is 20.5 Å². The lowest BCUT2D eigenvalue weighted by atomic mass is 10.1. The van der Waals surface area contributed by atoms with Gasteiger partial charge >= 0.3 is 6.03 Å². The summed E-state index contributed by atoms with van der Waals surface area (Å²) in [7, 11) is 0. The van der Waals surface area contributed by atoms with Crippen LogP contribution in [0.5, 0.6) is 0 Å². The zero-order valence-electron chi connectivity index (χ0n) is 16.0. The summed E-state index contributed by atoms with van der Waals surface area (Å²) in [5.41, 5.74) is 4.51. The number of carbonyl (C=O) groups excluding carboxylic acids is 1. The Morgan fingerprint density at radius 2 is 2.07 bits per heavy atom. The largest absolute Gasteiger partial charge is 0.371 e. The van der Waals surface area contributed by atoms with E-state index < -0.39 is 0 Å². The lowest BCUT2D eigenvalue weighted by Crippen LogP contribution is -2.38. The molecule has 0 spiro atoms. The third-order valence-corrected chi connectivity index (χ3v) is 5.61. The molecular weight excluding hydrogens is 372 g/mol. The highest BCUT2D eigenvalue weighted by molar-refractivity contribution is 6.30. The third kappa shape index (κ3) is 4.25. The predicted octanol–water partition coefficient (Wildman–Crippen LogP) is 4.46. The Kier molecular flexibility index (Phi) is 5.44. The number of benzene rings is 2. The molecule has 2 aromatic carbocycles. The SMILES string of the molecule is Cc1ccc(Cl)cc1N1CCC(CNC(=O)NCc2cc3ccccc3[nH]2)C1. The van der Waals surface area contributed by atoms with E-state index in [-0.39, 0.29) is 6.03 Å². The molecule has 0 bridgehead atoms. The Morgan fingerprint density at radius 3 is 2.93 bits per heavy atom. The molecule has 3 aromatic rings. The summed E-state index contributed by atoms with van der Waals surface area (Å²) in [6.07, 6.45) is 1.06. The van der Waals surface area contributed by atoms with Crippen molar-refractivity contribution in [2.24, 2.45) is 5.92 Å². The maximum absolute atomic E-state index is 12.2. The molecule has 1 aliphatic heterocycles. The summed E-state index contributed by atoms with van der Waals surface area (Å²) in [5.74, 6) is 0.442. The Morgan fingerprint density at radius 1 is 1.21 bits per heavy atom. The van der Waals surface area contributed by atoms with Gasteiger partial charge in [0.15, 0.2) is 0 Å². The van der Waals surface area contributed by atoms with Gasteiger partial charge in [0.25, 0.3) is 0 Å². The van der Waals surface area contributed by atoms with E-state index >= 15 is 0 Å². The summed E-state index contributed by atoms with van der Waals surface area (Å²) < 4.78 is 0. The number of hydrogen-bond donors (Lipinski definition) is 3. The van der Waals surface area contributed by atoms with E-state index in [9.17, 15) is 4.79 Å². The van der Waals surface area contributed by atoms with Crippen molar-refractivity contribution < 1.29 is 4.79 Å². The van der Waals surface area contributed by atoms with Gasteiger partial charge in [-0.3, -0.25) is 0 Å². The quantitative estimate of drug-likeness (QED) is 0.596. The van der Waals surface area contributed by atoms with Gasteiger partial charge in [0.2, 0.25) is 0 Å². The van der Waals surface area contributed by atoms with Crippen LogP contribution in [0.25, 0.3) is 10.9 Å². The highest BCUT2D eigenvalue weighted by Gasteiger charge is 2.24. The van der Waals surface area contributed by atoms with Crippen molar-refractivity contribution >= 4 is 34.2 Å². The summed E-state index contributed by atoms with van der Waals surface area (Å²) in [5, 5.41) is 7.86. The minimum atomic E-state index is -0.129. The van der Waals surface area contributed by atoms with Crippen molar-refractivity contribution in [2.75, 3.05) is 24.5 Å². The normalized spacial score (nSPS) is 16.5. The average molecular weight is 397 g/mol. The number of rotatable bonds is 5. The molecule has 1 unspecified atom stereocenters. The first-order valence-electron chi connectivity index (χ1n) is 9.68. The van der Waals surface area contributed by atoms with Crippen molar-refractivity contribution in [3.8, 4) is 0 Å². The Labute approximate surface area is 170 Å². The smallest absolute Gasteiger partial charge is 0.315 e. The van der Waals surface area contributed by atoms with Crippen LogP contribution in [0.4, 0.5) is 10.5 Å². The fourth-order valence-corrected chi connectivity index (χ4v) is 4.01. The number of nitrogens with zero attached hydrogens (tertiary/aromatic N) is 1. The molecule has 1 aliphatic rings. The number of hydrogen-bond acceptors (Lipinski definition) is 2. The van der Waals surface area contributed by atoms with Gasteiger partial charge in [-0.1, -0.05) is 35.9 Å². The monoisotopic (exact) mass is 396 g/mol. The van der Waals surface area contributed by atoms with Crippen molar-refractivity contribution in [3.63, 3.8) is 0 Å². The van der Waals surface area contributed by atoms with Crippen molar-refractivity contribution in [2.45, 2.75) is 19.9 Å². The van der Waals surface area contributed by atoms with Crippen molar-refractivity contribution in [1.82, 2.24) is 15.6 Å². The standard InChI is InChI=1S/C22H25ClN4O/c1-15-6-7-18(23)11-21(15)27-9-8-16(14-27)12-24-22(28)25-13-19-10-17-4-2-3-5-20(17)26-19/h2-7,10-11,16,26H,8-9,12-14H2,1H3,(H2,24,25,28). The van der Waals surface area contributed by atoms with E-state index in [1.807, 2.05) is 30.3 Å². The number of aromatic amines is 1. The fraction of sp³-hybridized carbons (Fsp3) is 0.318. The molecule has 146 valence electrons. The first-order valence-corrected chi connectivity index (χ1v) is 10.1. The Hall–Kier alpha value is -2.66. The van der Waals surface area contributed by atoms with Crippen LogP contribution < -0.4 is 15.5 Å². The van der Waals surface area contributed by atoms with Crippen LogP contribution in [0.3, 0.4) is 0 Å². The lowest BCUT2D eigenvalue weighted by molar-refractivity contribution is 0.239. The van der Waals surface area contributed by atoms with Gasteiger partial charge in [-0.25, -0.2) is 4.79 Å². The lowest BCUT2D eigenvalue weighted by Gasteiger charge is -2.21. The number of aromatic nitrogens is 1. The van der Waals surface area contributed by atoms with E-state index in [0.717, 1.165) is 41.1 Å². The zero-order chi connectivity index (χ0) is 19.5. The first kappa shape index (κ1) is 18.7. The fourth-order valence-electron chi connectivity index (χ4n) is 3.85. The molecule has 0 aliphatic carbocycles. The van der Waals surface area contributed by atoms with Crippen molar-refractivity contribution in [3.05, 3.63) is 64.8 Å². The number of amides is 2. The third-order valence-electron chi connectivity index (χ3n) is 5.37. The maximum atomic E-state index is 12.2. The number of fused-ring (bicyclic) bond motifs is 1. The maximum Gasteiger partial charge on any atom is 0.315 e. The van der Waals surface area contributed by atoms with Crippen molar-refractivity contribution in [1.29, 1.82) is 0 Å². The molecule has 1 fully saturated rings. The Bertz CT molecular complexity index is 951. The van der Waals surface area contributed by atoms with Crippen LogP contribution >= 0.6 is 11.6 Å². The van der Waals surface area contributed by atoms with Gasteiger partial charge in [-0.2, -0.15) is 0 Å². The molecule has 1 aromatic heterocycles. The van der Waals surface area contributed by atoms with Gasteiger partial charge in [0, 0.05) is 41.6 Å². The van der Waals surface area contributed by atoms with Gasteiger partial charge in [-0.05, 0) is 54.5 Å². The highest BCUT2D eigenvalue weighted by atomic mass is 35.5. The van der Waals surface area contributed by atoms with E-state index in [1.54, 1.807) is 0 Å². The molecule has 0 saturated carbocycles. The molecule has 4 rings (SSSR count). The number of nitrogens with one attached hydrogen (secondary N) is 3. The van der Waals surface area contributed by atoms with Gasteiger partial charge in [-0.15, -0.1) is 0 Å². The number of H-pyrrole nitrogens is 1. The van der Waals surface area contributed by atoms with E-state index in [2.05, 4.69) is 45.6 Å². The summed E-state index contributed by atoms with van der Waals surface area (Å²) >= 11 is 6.15.